The van der Waals surface area contributed by atoms with Crippen molar-refractivity contribution in [2.24, 2.45) is 0 Å². The van der Waals surface area contributed by atoms with E-state index in [9.17, 15) is 8.78 Å². The van der Waals surface area contributed by atoms with E-state index in [2.05, 4.69) is 61.2 Å². The Balaban J connectivity index is 0.00000107. The molecular weight excluding hydrogens is 390 g/mol. The number of benzene rings is 2. The lowest BCUT2D eigenvalue weighted by atomic mass is 9.81. The van der Waals surface area contributed by atoms with Gasteiger partial charge in [-0.2, -0.15) is 5.26 Å². The molecule has 0 aromatic heterocycles. The monoisotopic (exact) mass is 426 g/mol. The molecule has 2 aromatic carbocycles. The molecule has 1 fully saturated rings. The Morgan fingerprint density at radius 3 is 2.10 bits per heavy atom. The zero-order chi connectivity index (χ0) is 22.6. The van der Waals surface area contributed by atoms with Crippen LogP contribution in [0.2, 0.25) is 0 Å². The summed E-state index contributed by atoms with van der Waals surface area (Å²) in [5.74, 6) is -0.579. The Morgan fingerprint density at radius 1 is 0.968 bits per heavy atom. The molecule has 0 aliphatic heterocycles. The highest BCUT2D eigenvalue weighted by molar-refractivity contribution is 5.28. The molecule has 1 saturated carbocycles. The fraction of sp³-hybridized carbons (Fsp3) is 0.519. The highest BCUT2D eigenvalue weighted by atomic mass is 19.1. The minimum absolute atomic E-state index is 0.485. The highest BCUT2D eigenvalue weighted by Gasteiger charge is 2.34. The SMILES string of the molecule is CC#N.CC(C)N(CCCc1ccc(C2C(F)CCCC2F)cc1)Cc1ccccc1. The summed E-state index contributed by atoms with van der Waals surface area (Å²) < 4.78 is 28.4. The molecule has 1 aliphatic rings. The molecule has 0 heterocycles. The van der Waals surface area contributed by atoms with Crippen molar-refractivity contribution in [2.75, 3.05) is 6.54 Å². The van der Waals surface area contributed by atoms with Crippen LogP contribution in [0.1, 0.15) is 69.1 Å². The van der Waals surface area contributed by atoms with Crippen LogP contribution in [0.5, 0.6) is 0 Å². The number of hydrogen-bond acceptors (Lipinski definition) is 2. The van der Waals surface area contributed by atoms with Crippen LogP contribution in [0, 0.1) is 11.3 Å². The smallest absolute Gasteiger partial charge is 0.110 e. The molecule has 31 heavy (non-hydrogen) atoms. The number of nitriles is 1. The molecule has 0 radical (unpaired) electrons. The summed E-state index contributed by atoms with van der Waals surface area (Å²) in [5, 5.41) is 7.32. The van der Waals surface area contributed by atoms with Gasteiger partial charge in [0.25, 0.3) is 0 Å². The Morgan fingerprint density at radius 2 is 1.55 bits per heavy atom. The molecule has 2 atom stereocenters. The van der Waals surface area contributed by atoms with E-state index < -0.39 is 18.3 Å². The van der Waals surface area contributed by atoms with Crippen LogP contribution in [0.3, 0.4) is 0 Å². The van der Waals surface area contributed by atoms with Gasteiger partial charge < -0.3 is 0 Å². The van der Waals surface area contributed by atoms with Crippen LogP contribution in [-0.4, -0.2) is 29.8 Å². The zero-order valence-corrected chi connectivity index (χ0v) is 19.1. The minimum Gasteiger partial charge on any atom is -0.297 e. The van der Waals surface area contributed by atoms with Crippen LogP contribution < -0.4 is 0 Å². The molecule has 2 aromatic rings. The van der Waals surface area contributed by atoms with Gasteiger partial charge in [0, 0.05) is 25.4 Å². The first kappa shape index (κ1) is 25.0. The number of aryl methyl sites for hydroxylation is 1. The number of rotatable bonds is 8. The number of alkyl halides is 2. The summed E-state index contributed by atoms with van der Waals surface area (Å²) in [4.78, 5) is 2.49. The predicted molar refractivity (Wildman–Crippen MR) is 124 cm³/mol. The molecule has 2 nitrogen and oxygen atoms in total. The molecule has 0 amide bonds. The predicted octanol–water partition coefficient (Wildman–Crippen LogP) is 7.00. The summed E-state index contributed by atoms with van der Waals surface area (Å²) in [6, 6.07) is 20.8. The van der Waals surface area contributed by atoms with Crippen LogP contribution in [0.15, 0.2) is 54.6 Å². The third-order valence-corrected chi connectivity index (χ3v) is 5.97. The van der Waals surface area contributed by atoms with Crippen LogP contribution in [0.25, 0.3) is 0 Å². The van der Waals surface area contributed by atoms with Gasteiger partial charge in [-0.1, -0.05) is 54.6 Å². The molecule has 1 aliphatic carbocycles. The van der Waals surface area contributed by atoms with Crippen LogP contribution >= 0.6 is 0 Å². The molecular formula is C27H36F2N2. The first-order chi connectivity index (χ1) is 15.0. The van der Waals surface area contributed by atoms with Crippen molar-refractivity contribution in [3.8, 4) is 6.07 Å². The van der Waals surface area contributed by atoms with Crippen molar-refractivity contribution in [3.05, 3.63) is 71.3 Å². The average molecular weight is 427 g/mol. The summed E-state index contributed by atoms with van der Waals surface area (Å²) >= 11 is 0. The fourth-order valence-electron chi connectivity index (χ4n) is 4.24. The third kappa shape index (κ3) is 8.07. The van der Waals surface area contributed by atoms with Gasteiger partial charge >= 0.3 is 0 Å². The highest BCUT2D eigenvalue weighted by Crippen LogP contribution is 2.37. The van der Waals surface area contributed by atoms with E-state index in [-0.39, 0.29) is 0 Å². The van der Waals surface area contributed by atoms with Gasteiger partial charge in [0.1, 0.15) is 12.3 Å². The van der Waals surface area contributed by atoms with Crippen molar-refractivity contribution in [2.45, 2.75) is 83.7 Å². The summed E-state index contributed by atoms with van der Waals surface area (Å²) in [6.45, 7) is 7.91. The van der Waals surface area contributed by atoms with Crippen molar-refractivity contribution >= 4 is 0 Å². The maximum Gasteiger partial charge on any atom is 0.110 e. The zero-order valence-electron chi connectivity index (χ0n) is 19.1. The molecule has 168 valence electrons. The molecule has 3 rings (SSSR count). The second-order valence-corrected chi connectivity index (χ2v) is 8.61. The van der Waals surface area contributed by atoms with E-state index in [1.807, 2.05) is 12.1 Å². The van der Waals surface area contributed by atoms with Gasteiger partial charge in [0.2, 0.25) is 0 Å². The average Bonchev–Trinajstić information content (AvgIpc) is 2.75. The number of hydrogen-bond donors (Lipinski definition) is 0. The maximum absolute atomic E-state index is 14.2. The number of halogens is 2. The van der Waals surface area contributed by atoms with Gasteiger partial charge in [0.15, 0.2) is 0 Å². The second kappa shape index (κ2) is 13.2. The first-order valence-corrected chi connectivity index (χ1v) is 11.4. The van der Waals surface area contributed by atoms with E-state index in [4.69, 9.17) is 5.26 Å². The summed E-state index contributed by atoms with van der Waals surface area (Å²) in [6.07, 6.45) is 1.59. The van der Waals surface area contributed by atoms with Gasteiger partial charge in [0.05, 0.1) is 6.07 Å². The van der Waals surface area contributed by atoms with E-state index in [1.165, 1.54) is 18.1 Å². The van der Waals surface area contributed by atoms with Gasteiger partial charge in [-0.05, 0) is 69.2 Å². The lowest BCUT2D eigenvalue weighted by molar-refractivity contribution is 0.124. The van der Waals surface area contributed by atoms with Crippen LogP contribution in [-0.2, 0) is 13.0 Å². The quantitative estimate of drug-likeness (QED) is 0.454. The van der Waals surface area contributed by atoms with E-state index in [1.54, 1.807) is 6.07 Å². The molecule has 2 unspecified atom stereocenters. The Labute approximate surface area is 186 Å². The van der Waals surface area contributed by atoms with E-state index >= 15 is 0 Å². The topological polar surface area (TPSA) is 27.0 Å². The van der Waals surface area contributed by atoms with E-state index in [0.29, 0.717) is 25.3 Å². The summed E-state index contributed by atoms with van der Waals surface area (Å²) in [7, 11) is 0. The van der Waals surface area contributed by atoms with Gasteiger partial charge in [-0.3, -0.25) is 4.90 Å². The van der Waals surface area contributed by atoms with Crippen molar-refractivity contribution in [1.82, 2.24) is 4.90 Å². The molecule has 0 bridgehead atoms. The first-order valence-electron chi connectivity index (χ1n) is 11.4. The fourth-order valence-corrected chi connectivity index (χ4v) is 4.24. The van der Waals surface area contributed by atoms with Crippen molar-refractivity contribution in [1.29, 1.82) is 5.26 Å². The number of nitrogens with zero attached hydrogens (tertiary/aromatic N) is 2. The Kier molecular flexibility index (Phi) is 10.7. The molecule has 4 heteroatoms. The normalized spacial score (nSPS) is 20.8. The lowest BCUT2D eigenvalue weighted by Crippen LogP contribution is -2.31. The van der Waals surface area contributed by atoms with E-state index in [0.717, 1.165) is 31.5 Å². The lowest BCUT2D eigenvalue weighted by Gasteiger charge is -2.29. The van der Waals surface area contributed by atoms with Crippen molar-refractivity contribution in [3.63, 3.8) is 0 Å². The van der Waals surface area contributed by atoms with Crippen molar-refractivity contribution < 1.29 is 8.78 Å². The Hall–Kier alpha value is -2.25. The molecule has 0 N–H and O–H groups in total. The van der Waals surface area contributed by atoms with Gasteiger partial charge in [-0.15, -0.1) is 0 Å². The van der Waals surface area contributed by atoms with Crippen LogP contribution in [0.4, 0.5) is 8.78 Å². The maximum atomic E-state index is 14.2. The Bertz CT molecular complexity index is 773. The third-order valence-electron chi connectivity index (χ3n) is 5.97. The largest absolute Gasteiger partial charge is 0.297 e. The second-order valence-electron chi connectivity index (χ2n) is 8.61. The minimum atomic E-state index is -1.05. The molecule has 0 spiro atoms. The standard InChI is InChI=1S/C25H33F2N.C2H3N/c1-19(2)28(18-21-8-4-3-5-9-21)17-7-10-20-13-15-22(16-14-20)25-23(26)11-6-12-24(25)27;1-2-3/h3-5,8-9,13-16,19,23-25H,6-7,10-12,17-18H2,1-2H3;1H3. The summed E-state index contributed by atoms with van der Waals surface area (Å²) in [5.41, 5.74) is 3.40. The van der Waals surface area contributed by atoms with Gasteiger partial charge in [-0.25, -0.2) is 8.78 Å². The molecule has 0 saturated heterocycles.